The van der Waals surface area contributed by atoms with Crippen molar-refractivity contribution in [3.63, 3.8) is 0 Å². The molecule has 0 saturated carbocycles. The Bertz CT molecular complexity index is 1300. The van der Waals surface area contributed by atoms with Crippen LogP contribution in [0, 0.1) is 0 Å². The number of aliphatic hydroxyl groups is 2. The third-order valence-corrected chi connectivity index (χ3v) is 6.12. The minimum atomic E-state index is -1.04. The smallest absolute Gasteiger partial charge is 0.354 e. The molecule has 0 radical (unpaired) electrons. The van der Waals surface area contributed by atoms with Crippen LogP contribution in [0.3, 0.4) is 0 Å². The zero-order valence-electron chi connectivity index (χ0n) is 17.4. The lowest BCUT2D eigenvalue weighted by molar-refractivity contribution is -0.134. The van der Waals surface area contributed by atoms with Crippen LogP contribution in [-0.4, -0.2) is 68.7 Å². The van der Waals surface area contributed by atoms with Gasteiger partial charge in [0.25, 0.3) is 5.56 Å². The van der Waals surface area contributed by atoms with Gasteiger partial charge in [-0.2, -0.15) is 9.97 Å². The maximum Gasteiger partial charge on any atom is 0.354 e. The van der Waals surface area contributed by atoms with E-state index in [0.717, 1.165) is 0 Å². The van der Waals surface area contributed by atoms with Crippen LogP contribution in [-0.2, 0) is 9.47 Å². The van der Waals surface area contributed by atoms with Gasteiger partial charge in [-0.1, -0.05) is 0 Å². The molecule has 2 aliphatic rings. The summed E-state index contributed by atoms with van der Waals surface area (Å²) in [6.45, 7) is -0.340. The fraction of sp³-hybridized carbons (Fsp3) is 0.556. The Morgan fingerprint density at radius 2 is 1.97 bits per heavy atom. The first kappa shape index (κ1) is 21.4. The Balaban J connectivity index is 1.34. The number of aliphatic hydroxyl groups excluding tert-OH is 2. The van der Waals surface area contributed by atoms with Crippen molar-refractivity contribution in [3.05, 3.63) is 33.5 Å². The van der Waals surface area contributed by atoms with Gasteiger partial charge in [-0.3, -0.25) is 18.9 Å². The van der Waals surface area contributed by atoms with Crippen molar-refractivity contribution in [3.8, 4) is 0 Å². The average molecular weight is 461 g/mol. The molecule has 7 N–H and O–H groups in total. The first-order valence-electron chi connectivity index (χ1n) is 10.3. The number of rotatable bonds is 5. The molecule has 0 spiro atoms. The summed E-state index contributed by atoms with van der Waals surface area (Å²) in [6, 6.07) is 0. The van der Waals surface area contributed by atoms with E-state index < -0.39 is 41.5 Å². The number of aromatic amines is 1. The number of H-pyrrole nitrogens is 1. The molecule has 5 rings (SSSR count). The van der Waals surface area contributed by atoms with Crippen LogP contribution in [0.1, 0.15) is 38.1 Å². The number of hydrogen-bond donors (Lipinski definition) is 5. The van der Waals surface area contributed by atoms with Crippen molar-refractivity contribution in [2.75, 3.05) is 18.1 Å². The largest absolute Gasteiger partial charge is 0.393 e. The summed E-state index contributed by atoms with van der Waals surface area (Å²) >= 11 is 0. The molecular formula is C18H23N9O6. The summed E-state index contributed by atoms with van der Waals surface area (Å²) in [4.78, 5) is 42.2. The Hall–Kier alpha value is -3.40. The number of nitrogen functional groups attached to an aromatic ring is 2. The number of nitrogens with one attached hydrogen (secondary N) is 1. The highest BCUT2D eigenvalue weighted by molar-refractivity contribution is 5.70. The summed E-state index contributed by atoms with van der Waals surface area (Å²) < 4.78 is 14.9. The second kappa shape index (κ2) is 7.87. The number of aromatic nitrogens is 7. The van der Waals surface area contributed by atoms with Gasteiger partial charge in [-0.05, 0) is 12.8 Å². The minimum Gasteiger partial charge on any atom is -0.393 e. The van der Waals surface area contributed by atoms with Crippen molar-refractivity contribution >= 4 is 23.1 Å². The SMILES string of the molecule is Nc1ncn([C@H]2CC[C@](CO)(C[C@H]3O[C@@H](n4cnc5c(=O)[nH]c(N)nc54)C[C@@H]3O)O2)c(=O)n1. The van der Waals surface area contributed by atoms with Crippen molar-refractivity contribution < 1.29 is 19.7 Å². The lowest BCUT2D eigenvalue weighted by atomic mass is 9.91. The summed E-state index contributed by atoms with van der Waals surface area (Å²) in [5, 5.41) is 20.8. The molecule has 2 aliphatic heterocycles. The number of ether oxygens (including phenoxy) is 2. The number of imidazole rings is 1. The molecule has 0 aromatic carbocycles. The normalized spacial score (nSPS) is 29.8. The third kappa shape index (κ3) is 3.74. The van der Waals surface area contributed by atoms with Gasteiger partial charge < -0.3 is 31.2 Å². The monoisotopic (exact) mass is 461 g/mol. The van der Waals surface area contributed by atoms with Gasteiger partial charge in [0.15, 0.2) is 11.2 Å². The lowest BCUT2D eigenvalue weighted by Crippen LogP contribution is -2.40. The molecule has 5 heterocycles. The number of nitrogens with zero attached hydrogens (tertiary/aromatic N) is 6. The van der Waals surface area contributed by atoms with Crippen LogP contribution in [0.5, 0.6) is 0 Å². The number of hydrogen-bond acceptors (Lipinski definition) is 12. The van der Waals surface area contributed by atoms with E-state index in [-0.39, 0.29) is 42.5 Å². The predicted molar refractivity (Wildman–Crippen MR) is 112 cm³/mol. The summed E-state index contributed by atoms with van der Waals surface area (Å²) in [7, 11) is 0. The van der Waals surface area contributed by atoms with Crippen LogP contribution in [0.4, 0.5) is 11.9 Å². The Morgan fingerprint density at radius 1 is 1.18 bits per heavy atom. The van der Waals surface area contributed by atoms with Crippen molar-refractivity contribution in [1.29, 1.82) is 0 Å². The van der Waals surface area contributed by atoms with E-state index in [9.17, 15) is 19.8 Å². The van der Waals surface area contributed by atoms with Gasteiger partial charge in [0, 0.05) is 12.8 Å². The van der Waals surface area contributed by atoms with Crippen LogP contribution >= 0.6 is 0 Å². The van der Waals surface area contributed by atoms with Crippen LogP contribution in [0.15, 0.2) is 22.2 Å². The summed E-state index contributed by atoms with van der Waals surface area (Å²) in [6.07, 6.45) is 1.000. The van der Waals surface area contributed by atoms with E-state index in [1.54, 1.807) is 4.57 Å². The van der Waals surface area contributed by atoms with E-state index in [0.29, 0.717) is 12.8 Å². The third-order valence-electron chi connectivity index (χ3n) is 6.12. The van der Waals surface area contributed by atoms with Gasteiger partial charge in [0.05, 0.1) is 30.7 Å². The molecule has 0 unspecified atom stereocenters. The molecule has 176 valence electrons. The summed E-state index contributed by atoms with van der Waals surface area (Å²) in [5.74, 6) is -0.197. The quantitative estimate of drug-likeness (QED) is 0.279. The molecule has 5 atom stereocenters. The van der Waals surface area contributed by atoms with Gasteiger partial charge in [-0.25, -0.2) is 14.8 Å². The standard InChI is InChI=1S/C18H23N9O6/c19-15-22-7-27(17(31)25-15)10-1-2-18(5-28,33-10)4-9-8(29)3-11(32-9)26-6-21-12-13(26)23-16(20)24-14(12)30/h6-11,28-29H,1-5H2,(H2,19,25,31)(H3,20,23,24,30)/t8-,9+,10+,11+,18+/m0/s1. The molecule has 2 fully saturated rings. The molecule has 2 saturated heterocycles. The Kier molecular flexibility index (Phi) is 5.12. The summed E-state index contributed by atoms with van der Waals surface area (Å²) in [5.41, 5.74) is 9.32. The van der Waals surface area contributed by atoms with Crippen LogP contribution < -0.4 is 22.7 Å². The molecule has 3 aromatic heterocycles. The zero-order valence-corrected chi connectivity index (χ0v) is 17.4. The molecule has 0 amide bonds. The van der Waals surface area contributed by atoms with E-state index in [4.69, 9.17) is 20.9 Å². The van der Waals surface area contributed by atoms with E-state index in [1.165, 1.54) is 17.2 Å². The van der Waals surface area contributed by atoms with Gasteiger partial charge in [0.2, 0.25) is 11.9 Å². The highest BCUT2D eigenvalue weighted by Gasteiger charge is 2.47. The highest BCUT2D eigenvalue weighted by atomic mass is 16.6. The molecular weight excluding hydrogens is 438 g/mol. The first-order valence-corrected chi connectivity index (χ1v) is 10.3. The number of fused-ring (bicyclic) bond motifs is 1. The lowest BCUT2D eigenvalue weighted by Gasteiger charge is -2.31. The Morgan fingerprint density at radius 3 is 2.73 bits per heavy atom. The van der Waals surface area contributed by atoms with Crippen LogP contribution in [0.25, 0.3) is 11.2 Å². The topological polar surface area (TPSA) is 222 Å². The molecule has 0 aliphatic carbocycles. The fourth-order valence-electron chi connectivity index (χ4n) is 4.46. The van der Waals surface area contributed by atoms with Gasteiger partial charge >= 0.3 is 5.69 Å². The van der Waals surface area contributed by atoms with E-state index in [2.05, 4.69) is 24.9 Å². The molecule has 33 heavy (non-hydrogen) atoms. The first-order chi connectivity index (χ1) is 15.8. The van der Waals surface area contributed by atoms with Gasteiger partial charge in [-0.15, -0.1) is 0 Å². The Labute approximate surface area is 185 Å². The maximum atomic E-state index is 12.1. The van der Waals surface area contributed by atoms with Crippen molar-refractivity contribution in [1.82, 2.24) is 34.1 Å². The fourth-order valence-corrected chi connectivity index (χ4v) is 4.46. The zero-order chi connectivity index (χ0) is 23.3. The average Bonchev–Trinajstić information content (AvgIpc) is 3.46. The molecule has 3 aromatic rings. The van der Waals surface area contributed by atoms with Crippen molar-refractivity contribution in [2.24, 2.45) is 0 Å². The van der Waals surface area contributed by atoms with E-state index >= 15 is 0 Å². The van der Waals surface area contributed by atoms with E-state index in [1.807, 2.05) is 0 Å². The second-order valence-electron chi connectivity index (χ2n) is 8.27. The maximum absolute atomic E-state index is 12.1. The molecule has 0 bridgehead atoms. The molecule has 15 heteroatoms. The second-order valence-corrected chi connectivity index (χ2v) is 8.27. The van der Waals surface area contributed by atoms with Gasteiger partial charge in [0.1, 0.15) is 18.8 Å². The number of anilines is 2. The van der Waals surface area contributed by atoms with Crippen LogP contribution in [0.2, 0.25) is 0 Å². The number of nitrogens with two attached hydrogens (primary N) is 2. The predicted octanol–water partition coefficient (Wildman–Crippen LogP) is -1.99. The highest BCUT2D eigenvalue weighted by Crippen LogP contribution is 2.42. The molecule has 15 nitrogen and oxygen atoms in total. The minimum absolute atomic E-state index is 0.0594. The van der Waals surface area contributed by atoms with Crippen molar-refractivity contribution in [2.45, 2.75) is 55.9 Å².